The Bertz CT molecular complexity index is 1120. The lowest BCUT2D eigenvalue weighted by atomic mass is 9.93. The average molecular weight is 414 g/mol. The highest BCUT2D eigenvalue weighted by atomic mass is 16.5. The van der Waals surface area contributed by atoms with Crippen LogP contribution in [-0.2, 0) is 16.1 Å². The Balaban J connectivity index is 2.02. The van der Waals surface area contributed by atoms with Crippen molar-refractivity contribution >= 4 is 17.9 Å². The van der Waals surface area contributed by atoms with Gasteiger partial charge in [0.25, 0.3) is 11.8 Å². The molecule has 0 N–H and O–H groups in total. The Morgan fingerprint density at radius 3 is 2.48 bits per heavy atom. The van der Waals surface area contributed by atoms with Gasteiger partial charge in [-0.05, 0) is 41.8 Å². The molecule has 0 radical (unpaired) electrons. The van der Waals surface area contributed by atoms with E-state index in [-0.39, 0.29) is 17.7 Å². The van der Waals surface area contributed by atoms with Gasteiger partial charge in [-0.1, -0.05) is 49.1 Å². The number of hydrogen-bond acceptors (Lipinski definition) is 5. The molecule has 0 bridgehead atoms. The normalized spacial score (nSPS) is 15.1. The van der Waals surface area contributed by atoms with Crippen LogP contribution in [0.1, 0.15) is 18.1 Å². The quantitative estimate of drug-likeness (QED) is 0.388. The second-order valence-electron chi connectivity index (χ2n) is 6.86. The molecular formula is C25H22N2O4. The lowest BCUT2D eigenvalue weighted by Crippen LogP contribution is -2.42. The number of nitrogens with zero attached hydrogens (tertiary/aromatic N) is 2. The third-order valence-corrected chi connectivity index (χ3v) is 4.86. The van der Waals surface area contributed by atoms with Crippen LogP contribution in [0.15, 0.2) is 77.9 Å². The van der Waals surface area contributed by atoms with Crippen LogP contribution in [0.3, 0.4) is 0 Å². The Labute approximate surface area is 181 Å². The van der Waals surface area contributed by atoms with Gasteiger partial charge >= 0.3 is 0 Å². The molecule has 0 saturated carbocycles. The van der Waals surface area contributed by atoms with E-state index in [2.05, 4.69) is 6.58 Å². The lowest BCUT2D eigenvalue weighted by Gasteiger charge is -2.27. The van der Waals surface area contributed by atoms with Gasteiger partial charge in [-0.3, -0.25) is 14.5 Å². The first kappa shape index (κ1) is 21.6. The molecule has 0 aliphatic carbocycles. The molecule has 0 unspecified atom stereocenters. The summed E-state index contributed by atoms with van der Waals surface area (Å²) in [5, 5.41) is 9.55. The maximum atomic E-state index is 13.2. The summed E-state index contributed by atoms with van der Waals surface area (Å²) >= 11 is 0. The van der Waals surface area contributed by atoms with Crippen molar-refractivity contribution in [2.24, 2.45) is 0 Å². The Hall–Kier alpha value is -4.11. The number of carbonyl (C=O) groups is 2. The van der Waals surface area contributed by atoms with Crippen molar-refractivity contribution in [3.63, 3.8) is 0 Å². The van der Waals surface area contributed by atoms with Gasteiger partial charge in [-0.15, -0.1) is 0 Å². The number of carbonyl (C=O) groups excluding carboxylic acids is 2. The third-order valence-electron chi connectivity index (χ3n) is 4.86. The molecule has 0 fully saturated rings. The van der Waals surface area contributed by atoms with E-state index in [0.29, 0.717) is 29.2 Å². The zero-order valence-corrected chi connectivity index (χ0v) is 17.4. The van der Waals surface area contributed by atoms with Gasteiger partial charge in [0.1, 0.15) is 18.2 Å². The summed E-state index contributed by atoms with van der Waals surface area (Å²) in [5.74, 6) is 0.0113. The molecular weight excluding hydrogens is 392 g/mol. The number of amides is 2. The Morgan fingerprint density at radius 2 is 1.84 bits per heavy atom. The molecule has 0 aromatic heterocycles. The number of ether oxygens (including phenoxy) is 2. The smallest absolute Gasteiger partial charge is 0.271 e. The standard InChI is InChI=1S/C25H22N2O4/c1-4-12-31-22-11-10-19(14-23(22)30-3)13-20-17(2)21(15-26)25(29)27(24(20)28)16-18-8-6-5-7-9-18/h4-11,13-14H,1,12,16H2,2-3H3/b20-13+. The molecule has 0 atom stereocenters. The Morgan fingerprint density at radius 1 is 1.10 bits per heavy atom. The highest BCUT2D eigenvalue weighted by Gasteiger charge is 2.35. The number of hydrogen-bond donors (Lipinski definition) is 0. The number of nitriles is 1. The second kappa shape index (κ2) is 9.59. The topological polar surface area (TPSA) is 79.6 Å². The summed E-state index contributed by atoms with van der Waals surface area (Å²) in [6.07, 6.45) is 3.28. The maximum absolute atomic E-state index is 13.2. The van der Waals surface area contributed by atoms with E-state index in [1.165, 1.54) is 7.11 Å². The van der Waals surface area contributed by atoms with Gasteiger partial charge < -0.3 is 9.47 Å². The number of methoxy groups -OCH3 is 1. The van der Waals surface area contributed by atoms with Gasteiger partial charge in [-0.25, -0.2) is 0 Å². The molecule has 0 saturated heterocycles. The van der Waals surface area contributed by atoms with Crippen molar-refractivity contribution in [2.75, 3.05) is 13.7 Å². The number of imide groups is 1. The largest absolute Gasteiger partial charge is 0.493 e. The zero-order valence-electron chi connectivity index (χ0n) is 17.4. The molecule has 6 heteroatoms. The Kier molecular flexibility index (Phi) is 6.68. The molecule has 1 aliphatic rings. The number of rotatable bonds is 7. The van der Waals surface area contributed by atoms with Crippen LogP contribution < -0.4 is 9.47 Å². The predicted octanol–water partition coefficient (Wildman–Crippen LogP) is 4.05. The average Bonchev–Trinajstić information content (AvgIpc) is 2.79. The monoisotopic (exact) mass is 414 g/mol. The van der Waals surface area contributed by atoms with Gasteiger partial charge in [0, 0.05) is 5.57 Å². The molecule has 156 valence electrons. The number of benzene rings is 2. The fourth-order valence-corrected chi connectivity index (χ4v) is 3.25. The predicted molar refractivity (Wildman–Crippen MR) is 117 cm³/mol. The maximum Gasteiger partial charge on any atom is 0.271 e. The summed E-state index contributed by atoms with van der Waals surface area (Å²) in [6, 6.07) is 16.4. The molecule has 2 aromatic carbocycles. The summed E-state index contributed by atoms with van der Waals surface area (Å²) in [4.78, 5) is 27.1. The minimum Gasteiger partial charge on any atom is -0.493 e. The second-order valence-corrected chi connectivity index (χ2v) is 6.86. The van der Waals surface area contributed by atoms with E-state index in [0.717, 1.165) is 10.5 Å². The van der Waals surface area contributed by atoms with Gasteiger partial charge in [0.2, 0.25) is 0 Å². The van der Waals surface area contributed by atoms with E-state index >= 15 is 0 Å². The van der Waals surface area contributed by atoms with Crippen LogP contribution in [0.2, 0.25) is 0 Å². The van der Waals surface area contributed by atoms with Crippen LogP contribution >= 0.6 is 0 Å². The van der Waals surface area contributed by atoms with Crippen LogP contribution in [0.4, 0.5) is 0 Å². The SMILES string of the molecule is C=CCOc1ccc(/C=C2/C(=O)N(Cc3ccccc3)C(=O)C(C#N)=C2C)cc1OC. The molecule has 1 aliphatic heterocycles. The highest BCUT2D eigenvalue weighted by molar-refractivity contribution is 6.19. The van der Waals surface area contributed by atoms with Crippen LogP contribution in [0, 0.1) is 11.3 Å². The molecule has 2 aromatic rings. The van der Waals surface area contributed by atoms with Gasteiger partial charge in [0.05, 0.1) is 13.7 Å². The van der Waals surface area contributed by atoms with Crippen LogP contribution in [0.25, 0.3) is 6.08 Å². The van der Waals surface area contributed by atoms with Gasteiger partial charge in [0.15, 0.2) is 11.5 Å². The van der Waals surface area contributed by atoms with E-state index in [4.69, 9.17) is 9.47 Å². The van der Waals surface area contributed by atoms with Crippen molar-refractivity contribution in [3.8, 4) is 17.6 Å². The first-order valence-electron chi connectivity index (χ1n) is 9.65. The minimum atomic E-state index is -0.586. The lowest BCUT2D eigenvalue weighted by molar-refractivity contribution is -0.141. The molecule has 6 nitrogen and oxygen atoms in total. The van der Waals surface area contributed by atoms with Gasteiger partial charge in [-0.2, -0.15) is 5.26 Å². The first-order valence-corrected chi connectivity index (χ1v) is 9.65. The fraction of sp³-hybridized carbons (Fsp3) is 0.160. The summed E-state index contributed by atoms with van der Waals surface area (Å²) in [6.45, 7) is 5.66. The minimum absolute atomic E-state index is 0.0420. The van der Waals surface area contributed by atoms with Crippen molar-refractivity contribution in [1.29, 1.82) is 5.26 Å². The molecule has 0 spiro atoms. The molecule has 3 rings (SSSR count). The van der Waals surface area contributed by atoms with Crippen LogP contribution in [-0.4, -0.2) is 30.4 Å². The summed E-state index contributed by atoms with van der Waals surface area (Å²) in [5.41, 5.74) is 2.07. The molecule has 1 heterocycles. The van der Waals surface area contributed by atoms with Crippen molar-refractivity contribution in [3.05, 3.63) is 89.0 Å². The first-order chi connectivity index (χ1) is 15.0. The van der Waals surface area contributed by atoms with E-state index in [1.807, 2.05) is 36.4 Å². The fourth-order valence-electron chi connectivity index (χ4n) is 3.25. The summed E-state index contributed by atoms with van der Waals surface area (Å²) in [7, 11) is 1.53. The van der Waals surface area contributed by atoms with Crippen molar-refractivity contribution < 1.29 is 19.1 Å². The molecule has 2 amide bonds. The van der Waals surface area contributed by atoms with E-state index in [9.17, 15) is 14.9 Å². The van der Waals surface area contributed by atoms with E-state index < -0.39 is 11.8 Å². The van der Waals surface area contributed by atoms with E-state index in [1.54, 1.807) is 37.3 Å². The summed E-state index contributed by atoms with van der Waals surface area (Å²) < 4.78 is 10.9. The van der Waals surface area contributed by atoms with Crippen molar-refractivity contribution in [2.45, 2.75) is 13.5 Å². The van der Waals surface area contributed by atoms with Crippen LogP contribution in [0.5, 0.6) is 11.5 Å². The van der Waals surface area contributed by atoms with Crippen molar-refractivity contribution in [1.82, 2.24) is 4.90 Å². The third kappa shape index (κ3) is 4.57. The zero-order chi connectivity index (χ0) is 22.4. The molecule has 31 heavy (non-hydrogen) atoms. The highest BCUT2D eigenvalue weighted by Crippen LogP contribution is 2.32.